The Morgan fingerprint density at radius 2 is 0.803 bits per heavy atom. The fourth-order valence-corrected chi connectivity index (χ4v) is 10.0. The SMILES string of the molecule is Cc1cc(C)c(C(c2ccc(N(c3nc(-c4ccccc4)nc(-c4cc(-c5ccccc5)cc(-c5ccccc5)c4)n3)c3cccc4ccccc34)cc2)c2c(C)cc(C)cc2C)c(C)c1. The fourth-order valence-electron chi connectivity index (χ4n) is 10.0. The van der Waals surface area contributed by atoms with Crippen molar-refractivity contribution in [3.05, 3.63) is 250 Å². The maximum absolute atomic E-state index is 5.48. The molecule has 1 aromatic heterocycles. The number of aromatic nitrogens is 3. The number of fused-ring (bicyclic) bond motifs is 1. The number of rotatable bonds is 10. The van der Waals surface area contributed by atoms with Crippen molar-refractivity contribution in [1.29, 1.82) is 0 Å². The van der Waals surface area contributed by atoms with Crippen molar-refractivity contribution in [1.82, 2.24) is 15.0 Å². The number of anilines is 3. The van der Waals surface area contributed by atoms with E-state index in [2.05, 4.69) is 228 Å². The highest BCUT2D eigenvalue weighted by atomic mass is 15.3. The number of nitrogens with zero attached hydrogens (tertiary/aromatic N) is 4. The molecule has 0 unspecified atom stereocenters. The predicted molar refractivity (Wildman–Crippen MR) is 276 cm³/mol. The molecular formula is C62H52N4. The lowest BCUT2D eigenvalue weighted by atomic mass is 9.77. The standard InChI is InChI=1S/C62H52N4/c1-40-33-42(3)57(43(4)34-40)59(58-44(5)35-41(2)36-45(58)6)49-29-31-54(32-30-49)66(56-28-18-26-48-23-16-17-27-55(48)56)62-64-60(50-24-14-9-15-25-50)63-61(65-62)53-38-51(46-19-10-7-11-20-46)37-52(39-53)47-21-12-8-13-22-47/h7-39,59H,1-6H3. The zero-order valence-electron chi connectivity index (χ0n) is 38.4. The first-order valence-electron chi connectivity index (χ1n) is 22.8. The lowest BCUT2D eigenvalue weighted by Crippen LogP contribution is -2.16. The molecular weight excluding hydrogens is 801 g/mol. The Morgan fingerprint density at radius 3 is 1.33 bits per heavy atom. The van der Waals surface area contributed by atoms with E-state index in [1.807, 2.05) is 18.2 Å². The van der Waals surface area contributed by atoms with E-state index in [4.69, 9.17) is 15.0 Å². The third-order valence-electron chi connectivity index (χ3n) is 12.8. The molecule has 4 nitrogen and oxygen atoms in total. The van der Waals surface area contributed by atoms with Gasteiger partial charge in [-0.25, -0.2) is 4.98 Å². The molecule has 0 fully saturated rings. The van der Waals surface area contributed by atoms with E-state index < -0.39 is 0 Å². The van der Waals surface area contributed by atoms with Gasteiger partial charge in [-0.15, -0.1) is 0 Å². The first kappa shape index (κ1) is 42.0. The Labute approximate surface area is 389 Å². The molecule has 0 radical (unpaired) electrons. The van der Waals surface area contributed by atoms with Gasteiger partial charge in [0.15, 0.2) is 11.6 Å². The van der Waals surface area contributed by atoms with Crippen LogP contribution in [0.1, 0.15) is 56.0 Å². The van der Waals surface area contributed by atoms with E-state index in [0.717, 1.165) is 55.5 Å². The molecule has 9 aromatic carbocycles. The molecule has 10 rings (SSSR count). The minimum Gasteiger partial charge on any atom is -0.278 e. The van der Waals surface area contributed by atoms with Crippen LogP contribution in [0.25, 0.3) is 55.8 Å². The zero-order chi connectivity index (χ0) is 45.3. The summed E-state index contributed by atoms with van der Waals surface area (Å²) in [7, 11) is 0. The molecule has 0 saturated carbocycles. The van der Waals surface area contributed by atoms with Gasteiger partial charge in [0.25, 0.3) is 0 Å². The van der Waals surface area contributed by atoms with Gasteiger partial charge in [0.05, 0.1) is 5.69 Å². The average Bonchev–Trinajstić information content (AvgIpc) is 3.34. The highest BCUT2D eigenvalue weighted by molar-refractivity contribution is 5.98. The molecule has 0 spiro atoms. The van der Waals surface area contributed by atoms with Crippen LogP contribution in [0, 0.1) is 41.5 Å². The van der Waals surface area contributed by atoms with Crippen LogP contribution in [0.4, 0.5) is 17.3 Å². The maximum atomic E-state index is 5.48. The van der Waals surface area contributed by atoms with Gasteiger partial charge in [-0.2, -0.15) is 9.97 Å². The van der Waals surface area contributed by atoms with Crippen LogP contribution in [-0.2, 0) is 0 Å². The van der Waals surface area contributed by atoms with Crippen molar-refractivity contribution in [3.63, 3.8) is 0 Å². The smallest absolute Gasteiger partial charge is 0.238 e. The average molecular weight is 853 g/mol. The highest BCUT2D eigenvalue weighted by Crippen LogP contribution is 2.43. The summed E-state index contributed by atoms with van der Waals surface area (Å²) in [6.45, 7) is 13.4. The Kier molecular flexibility index (Phi) is 11.4. The maximum Gasteiger partial charge on any atom is 0.238 e. The van der Waals surface area contributed by atoms with Crippen LogP contribution in [0.3, 0.4) is 0 Å². The van der Waals surface area contributed by atoms with Gasteiger partial charge in [0.2, 0.25) is 5.95 Å². The Bertz CT molecular complexity index is 3190. The first-order valence-corrected chi connectivity index (χ1v) is 22.8. The van der Waals surface area contributed by atoms with E-state index in [9.17, 15) is 0 Å². The van der Waals surface area contributed by atoms with E-state index in [0.29, 0.717) is 17.6 Å². The van der Waals surface area contributed by atoms with Gasteiger partial charge in [-0.1, -0.05) is 175 Å². The summed E-state index contributed by atoms with van der Waals surface area (Å²) >= 11 is 0. The summed E-state index contributed by atoms with van der Waals surface area (Å²) in [6.07, 6.45) is 0. The second-order valence-electron chi connectivity index (χ2n) is 17.7. The lowest BCUT2D eigenvalue weighted by Gasteiger charge is -2.28. The fraction of sp³-hybridized carbons (Fsp3) is 0.113. The van der Waals surface area contributed by atoms with Crippen LogP contribution in [0.15, 0.2) is 200 Å². The van der Waals surface area contributed by atoms with E-state index in [1.165, 1.54) is 50.1 Å². The van der Waals surface area contributed by atoms with Crippen molar-refractivity contribution in [2.45, 2.75) is 47.5 Å². The molecule has 1 heterocycles. The molecule has 0 atom stereocenters. The molecule has 320 valence electrons. The molecule has 0 aliphatic carbocycles. The van der Waals surface area contributed by atoms with Crippen LogP contribution in [-0.4, -0.2) is 15.0 Å². The normalized spacial score (nSPS) is 11.3. The van der Waals surface area contributed by atoms with E-state index in [1.54, 1.807) is 0 Å². The van der Waals surface area contributed by atoms with E-state index >= 15 is 0 Å². The molecule has 0 bridgehead atoms. The molecule has 0 amide bonds. The largest absolute Gasteiger partial charge is 0.278 e. The van der Waals surface area contributed by atoms with Gasteiger partial charge in [-0.3, -0.25) is 4.90 Å². The van der Waals surface area contributed by atoms with Crippen molar-refractivity contribution >= 4 is 28.1 Å². The summed E-state index contributed by atoms with van der Waals surface area (Å²) < 4.78 is 0. The molecule has 0 N–H and O–H groups in total. The first-order chi connectivity index (χ1) is 32.2. The molecule has 4 heteroatoms. The highest BCUT2D eigenvalue weighted by Gasteiger charge is 2.27. The molecule has 10 aromatic rings. The van der Waals surface area contributed by atoms with Gasteiger partial charge < -0.3 is 0 Å². The molecule has 0 aliphatic heterocycles. The number of aryl methyl sites for hydroxylation is 6. The Balaban J connectivity index is 1.20. The van der Waals surface area contributed by atoms with Gasteiger partial charge in [0.1, 0.15) is 0 Å². The minimum atomic E-state index is 0.0374. The molecule has 66 heavy (non-hydrogen) atoms. The van der Waals surface area contributed by atoms with Crippen molar-refractivity contribution in [3.8, 4) is 45.0 Å². The van der Waals surface area contributed by atoms with Gasteiger partial charge >= 0.3 is 0 Å². The topological polar surface area (TPSA) is 41.9 Å². The zero-order valence-corrected chi connectivity index (χ0v) is 38.4. The number of hydrogen-bond donors (Lipinski definition) is 0. The van der Waals surface area contributed by atoms with Crippen LogP contribution >= 0.6 is 0 Å². The van der Waals surface area contributed by atoms with Crippen LogP contribution < -0.4 is 4.90 Å². The summed E-state index contributed by atoms with van der Waals surface area (Å²) in [5.74, 6) is 1.75. The van der Waals surface area contributed by atoms with Gasteiger partial charge in [0, 0.05) is 28.1 Å². The quantitative estimate of drug-likeness (QED) is 0.129. The predicted octanol–water partition coefficient (Wildman–Crippen LogP) is 16.2. The molecule has 0 saturated heterocycles. The summed E-state index contributed by atoms with van der Waals surface area (Å²) in [5, 5.41) is 2.23. The van der Waals surface area contributed by atoms with E-state index in [-0.39, 0.29) is 5.92 Å². The second kappa shape index (κ2) is 17.9. The minimum absolute atomic E-state index is 0.0374. The molecule has 0 aliphatic rings. The van der Waals surface area contributed by atoms with Crippen molar-refractivity contribution < 1.29 is 0 Å². The summed E-state index contributed by atoms with van der Waals surface area (Å²) in [5.41, 5.74) is 19.9. The van der Waals surface area contributed by atoms with Crippen molar-refractivity contribution in [2.24, 2.45) is 0 Å². The van der Waals surface area contributed by atoms with Gasteiger partial charge in [-0.05, 0) is 145 Å². The number of hydrogen-bond acceptors (Lipinski definition) is 4. The number of benzene rings is 9. The van der Waals surface area contributed by atoms with Crippen molar-refractivity contribution in [2.75, 3.05) is 4.90 Å². The third kappa shape index (κ3) is 8.30. The summed E-state index contributed by atoms with van der Waals surface area (Å²) in [4.78, 5) is 18.3. The Hall–Kier alpha value is -7.95. The monoisotopic (exact) mass is 852 g/mol. The summed E-state index contributed by atoms with van der Waals surface area (Å²) in [6, 6.07) is 71.4. The van der Waals surface area contributed by atoms with Crippen LogP contribution in [0.5, 0.6) is 0 Å². The third-order valence-corrected chi connectivity index (χ3v) is 12.8. The Morgan fingerprint density at radius 1 is 0.364 bits per heavy atom. The second-order valence-corrected chi connectivity index (χ2v) is 17.7. The lowest BCUT2D eigenvalue weighted by molar-refractivity contribution is 0.919. The van der Waals surface area contributed by atoms with Crippen LogP contribution in [0.2, 0.25) is 0 Å².